The highest BCUT2D eigenvalue weighted by molar-refractivity contribution is 7.19. The fraction of sp³-hybridized carbons (Fsp3) is 0.312. The summed E-state index contributed by atoms with van der Waals surface area (Å²) in [6.45, 7) is 1.05. The second kappa shape index (κ2) is 7.27. The van der Waals surface area contributed by atoms with Crippen molar-refractivity contribution in [3.05, 3.63) is 30.1 Å². The molecule has 2 aromatic heterocycles. The molecular weight excluding hydrogens is 340 g/mol. The van der Waals surface area contributed by atoms with Crippen LogP contribution in [-0.4, -0.2) is 46.8 Å². The minimum absolute atomic E-state index is 0.134. The van der Waals surface area contributed by atoms with E-state index >= 15 is 0 Å². The second-order valence-corrected chi connectivity index (χ2v) is 6.57. The Hall–Kier alpha value is -2.99. The Balaban J connectivity index is 1.70. The lowest BCUT2D eigenvalue weighted by Crippen LogP contribution is -2.25. The summed E-state index contributed by atoms with van der Waals surface area (Å²) in [5, 5.41) is 14.7. The zero-order valence-electron chi connectivity index (χ0n) is 13.5. The van der Waals surface area contributed by atoms with Crippen LogP contribution in [0.25, 0.3) is 10.6 Å². The third kappa shape index (κ3) is 3.75. The number of pyridine rings is 1. The number of thiazole rings is 1. The predicted octanol–water partition coefficient (Wildman–Crippen LogP) is 1.31. The van der Waals surface area contributed by atoms with Gasteiger partial charge in [-0.05, 0) is 18.6 Å². The van der Waals surface area contributed by atoms with Crippen LogP contribution in [0.2, 0.25) is 0 Å². The Bertz CT molecular complexity index is 843. The molecule has 3 rings (SSSR count). The number of carbonyl (C=O) groups excluding carboxylic acids is 2. The van der Waals surface area contributed by atoms with Crippen LogP contribution in [0.3, 0.4) is 0 Å². The molecule has 0 bridgehead atoms. The number of hydrogen-bond acceptors (Lipinski definition) is 7. The van der Waals surface area contributed by atoms with Crippen molar-refractivity contribution in [1.82, 2.24) is 20.2 Å². The summed E-state index contributed by atoms with van der Waals surface area (Å²) in [5.74, 6) is -0.601. The van der Waals surface area contributed by atoms with Gasteiger partial charge in [0.05, 0.1) is 16.5 Å². The van der Waals surface area contributed by atoms with Gasteiger partial charge in [0.1, 0.15) is 5.69 Å². The van der Waals surface area contributed by atoms with Gasteiger partial charge in [0.15, 0.2) is 11.3 Å². The Morgan fingerprint density at radius 3 is 3.00 bits per heavy atom. The summed E-state index contributed by atoms with van der Waals surface area (Å²) < 4.78 is 0. The number of nitrogens with zero attached hydrogens (tertiary/aromatic N) is 4. The van der Waals surface area contributed by atoms with Crippen molar-refractivity contribution in [2.45, 2.75) is 6.42 Å². The predicted molar refractivity (Wildman–Crippen MR) is 92.7 cm³/mol. The Kier molecular flexibility index (Phi) is 4.90. The monoisotopic (exact) mass is 356 g/mol. The van der Waals surface area contributed by atoms with Crippen LogP contribution < -0.4 is 10.6 Å². The van der Waals surface area contributed by atoms with Crippen molar-refractivity contribution in [3.8, 4) is 16.8 Å². The summed E-state index contributed by atoms with van der Waals surface area (Å²) >= 11 is 1.29. The van der Waals surface area contributed by atoms with E-state index < -0.39 is 0 Å². The smallest absolute Gasteiger partial charge is 0.269 e. The minimum atomic E-state index is -0.261. The molecule has 3 heterocycles. The number of nitriles is 1. The molecule has 1 atom stereocenters. The van der Waals surface area contributed by atoms with E-state index in [4.69, 9.17) is 5.26 Å². The molecule has 0 radical (unpaired) electrons. The van der Waals surface area contributed by atoms with Crippen LogP contribution in [0, 0.1) is 17.4 Å². The number of rotatable bonds is 4. The third-order valence-corrected chi connectivity index (χ3v) is 4.83. The quantitative estimate of drug-likeness (QED) is 0.799. The molecule has 0 saturated carbocycles. The van der Waals surface area contributed by atoms with Gasteiger partial charge in [-0.15, -0.1) is 0 Å². The molecular formula is C16H16N6O2S. The lowest BCUT2D eigenvalue weighted by atomic mass is 10.1. The zero-order valence-corrected chi connectivity index (χ0v) is 14.3. The van der Waals surface area contributed by atoms with E-state index in [1.54, 1.807) is 36.3 Å². The van der Waals surface area contributed by atoms with E-state index in [0.29, 0.717) is 36.0 Å². The largest absolute Gasteiger partial charge is 0.354 e. The average Bonchev–Trinajstić information content (AvgIpc) is 3.30. The van der Waals surface area contributed by atoms with Gasteiger partial charge in [-0.1, -0.05) is 17.4 Å². The lowest BCUT2D eigenvalue weighted by molar-refractivity contribution is -0.119. The van der Waals surface area contributed by atoms with Crippen LogP contribution in [-0.2, 0) is 4.79 Å². The van der Waals surface area contributed by atoms with Crippen LogP contribution >= 0.6 is 11.3 Å². The SMILES string of the molecule is CNC(=O)c1cccc(-c2cnc(NC(=O)[C@H]3CCN(C#N)C3)s2)n1. The average molecular weight is 356 g/mol. The first-order chi connectivity index (χ1) is 12.1. The molecule has 0 spiro atoms. The summed E-state index contributed by atoms with van der Waals surface area (Å²) in [6, 6.07) is 5.17. The van der Waals surface area contributed by atoms with Crippen molar-refractivity contribution in [2.24, 2.45) is 5.92 Å². The first-order valence-corrected chi connectivity index (χ1v) is 8.53. The number of hydrogen-bond donors (Lipinski definition) is 2. The van der Waals surface area contributed by atoms with E-state index in [9.17, 15) is 9.59 Å². The summed E-state index contributed by atoms with van der Waals surface area (Å²) in [5.41, 5.74) is 0.942. The number of amides is 2. The molecule has 9 heteroatoms. The van der Waals surface area contributed by atoms with Crippen LogP contribution in [0.1, 0.15) is 16.9 Å². The van der Waals surface area contributed by atoms with E-state index in [1.807, 2.05) is 0 Å². The first kappa shape index (κ1) is 16.9. The molecule has 2 aromatic rings. The van der Waals surface area contributed by atoms with Crippen molar-refractivity contribution in [3.63, 3.8) is 0 Å². The zero-order chi connectivity index (χ0) is 17.8. The van der Waals surface area contributed by atoms with Crippen LogP contribution in [0.5, 0.6) is 0 Å². The summed E-state index contributed by atoms with van der Waals surface area (Å²) in [7, 11) is 1.55. The Labute approximate surface area is 148 Å². The maximum absolute atomic E-state index is 12.3. The van der Waals surface area contributed by atoms with Gasteiger partial charge < -0.3 is 15.5 Å². The van der Waals surface area contributed by atoms with Gasteiger partial charge in [0, 0.05) is 26.3 Å². The maximum atomic E-state index is 12.3. The van der Waals surface area contributed by atoms with E-state index in [2.05, 4.69) is 26.8 Å². The second-order valence-electron chi connectivity index (χ2n) is 5.54. The van der Waals surface area contributed by atoms with E-state index in [-0.39, 0.29) is 17.7 Å². The standard InChI is InChI=1S/C16H16N6O2S/c1-18-15(24)12-4-2-3-11(20-12)13-7-19-16(25-13)21-14(23)10-5-6-22(8-10)9-17/h2-4,7,10H,5-6,8H2,1H3,(H,18,24)(H,19,21,23)/t10-/m0/s1. The summed E-state index contributed by atoms with van der Waals surface area (Å²) in [6.07, 6.45) is 4.33. The van der Waals surface area contributed by atoms with Crippen molar-refractivity contribution >= 4 is 28.3 Å². The fourth-order valence-electron chi connectivity index (χ4n) is 2.55. The minimum Gasteiger partial charge on any atom is -0.354 e. The summed E-state index contributed by atoms with van der Waals surface area (Å²) in [4.78, 5) is 34.8. The number of aromatic nitrogens is 2. The molecule has 1 aliphatic heterocycles. The Morgan fingerprint density at radius 2 is 2.28 bits per heavy atom. The van der Waals surface area contributed by atoms with Gasteiger partial charge in [-0.25, -0.2) is 9.97 Å². The van der Waals surface area contributed by atoms with Gasteiger partial charge in [-0.2, -0.15) is 5.26 Å². The number of nitrogens with one attached hydrogen (secondary N) is 2. The van der Waals surface area contributed by atoms with Crippen LogP contribution in [0.4, 0.5) is 5.13 Å². The van der Waals surface area contributed by atoms with Gasteiger partial charge in [0.25, 0.3) is 5.91 Å². The third-order valence-electron chi connectivity index (χ3n) is 3.90. The van der Waals surface area contributed by atoms with Crippen LogP contribution in [0.15, 0.2) is 24.4 Å². The maximum Gasteiger partial charge on any atom is 0.269 e. The molecule has 0 aromatic carbocycles. The molecule has 8 nitrogen and oxygen atoms in total. The van der Waals surface area contributed by atoms with Crippen molar-refractivity contribution in [2.75, 3.05) is 25.5 Å². The molecule has 1 fully saturated rings. The topological polar surface area (TPSA) is 111 Å². The number of anilines is 1. The highest BCUT2D eigenvalue weighted by Crippen LogP contribution is 2.28. The normalized spacial score (nSPS) is 16.3. The highest BCUT2D eigenvalue weighted by atomic mass is 32.1. The van der Waals surface area contributed by atoms with E-state index in [1.165, 1.54) is 11.3 Å². The van der Waals surface area contributed by atoms with Crippen molar-refractivity contribution in [1.29, 1.82) is 5.26 Å². The first-order valence-electron chi connectivity index (χ1n) is 7.71. The van der Waals surface area contributed by atoms with Crippen molar-refractivity contribution < 1.29 is 9.59 Å². The molecule has 2 amide bonds. The molecule has 2 N–H and O–H groups in total. The van der Waals surface area contributed by atoms with Gasteiger partial charge >= 0.3 is 0 Å². The fourth-order valence-corrected chi connectivity index (χ4v) is 3.34. The molecule has 0 unspecified atom stereocenters. The number of carbonyl (C=O) groups is 2. The molecule has 1 aliphatic rings. The highest BCUT2D eigenvalue weighted by Gasteiger charge is 2.28. The molecule has 1 saturated heterocycles. The van der Waals surface area contributed by atoms with Gasteiger partial charge in [-0.3, -0.25) is 9.59 Å². The molecule has 0 aliphatic carbocycles. The molecule has 128 valence electrons. The van der Waals surface area contributed by atoms with E-state index in [0.717, 1.165) is 4.88 Å². The Morgan fingerprint density at radius 1 is 1.44 bits per heavy atom. The molecule has 25 heavy (non-hydrogen) atoms. The number of likely N-dealkylation sites (tertiary alicyclic amines) is 1. The van der Waals surface area contributed by atoms with Gasteiger partial charge in [0.2, 0.25) is 5.91 Å². The lowest BCUT2D eigenvalue weighted by Gasteiger charge is -2.08.